The van der Waals surface area contributed by atoms with E-state index in [2.05, 4.69) is 10.1 Å². The number of ether oxygens (including phenoxy) is 2. The quantitative estimate of drug-likeness (QED) is 0.717. The summed E-state index contributed by atoms with van der Waals surface area (Å²) >= 11 is 6.00. The molecule has 0 radical (unpaired) electrons. The van der Waals surface area contributed by atoms with E-state index < -0.39 is 29.7 Å². The van der Waals surface area contributed by atoms with Crippen LogP contribution in [0.1, 0.15) is 6.42 Å². The molecule has 1 fully saturated rings. The van der Waals surface area contributed by atoms with Crippen LogP contribution in [0.2, 0.25) is 5.02 Å². The third kappa shape index (κ3) is 3.97. The standard InChI is InChI=1S/C17H18ClN3O6/c1-26-16(24)7-12-17(25)19-4-5-20(12)14(22)8-21-11-6-10(18)2-3-13(11)27-9-15(21)23/h2-3,6,12H,4-5,7-9H2,1H3,(H,19,25). The summed E-state index contributed by atoms with van der Waals surface area (Å²) < 4.78 is 9.96. The molecule has 10 heteroatoms. The predicted molar refractivity (Wildman–Crippen MR) is 94.4 cm³/mol. The molecule has 1 unspecified atom stereocenters. The average molecular weight is 396 g/mol. The summed E-state index contributed by atoms with van der Waals surface area (Å²) in [5, 5.41) is 3.02. The first-order valence-corrected chi connectivity index (χ1v) is 8.65. The Kier molecular flexibility index (Phi) is 5.50. The Bertz CT molecular complexity index is 799. The fourth-order valence-corrected chi connectivity index (χ4v) is 3.20. The van der Waals surface area contributed by atoms with Gasteiger partial charge in [0.1, 0.15) is 18.3 Å². The number of rotatable bonds is 4. The number of anilines is 1. The van der Waals surface area contributed by atoms with E-state index in [1.165, 1.54) is 23.0 Å². The lowest BCUT2D eigenvalue weighted by molar-refractivity contribution is -0.150. The topological polar surface area (TPSA) is 105 Å². The molecule has 0 saturated carbocycles. The molecular weight excluding hydrogens is 378 g/mol. The van der Waals surface area contributed by atoms with Crippen molar-refractivity contribution in [3.05, 3.63) is 23.2 Å². The Balaban J connectivity index is 1.81. The summed E-state index contributed by atoms with van der Waals surface area (Å²) in [7, 11) is 1.21. The van der Waals surface area contributed by atoms with Gasteiger partial charge in [-0.25, -0.2) is 0 Å². The molecule has 0 aromatic heterocycles. The Labute approximate surface area is 160 Å². The zero-order valence-corrected chi connectivity index (χ0v) is 15.3. The van der Waals surface area contributed by atoms with Crippen LogP contribution in [0.5, 0.6) is 5.75 Å². The SMILES string of the molecule is COC(=O)CC1C(=O)NCCN1C(=O)CN1C(=O)COc2ccc(Cl)cc21. The number of fused-ring (bicyclic) bond motifs is 1. The minimum atomic E-state index is -0.978. The molecule has 1 aromatic rings. The van der Waals surface area contributed by atoms with Crippen molar-refractivity contribution in [1.29, 1.82) is 0 Å². The van der Waals surface area contributed by atoms with Gasteiger partial charge in [0, 0.05) is 18.1 Å². The number of nitrogens with one attached hydrogen (secondary N) is 1. The molecule has 2 heterocycles. The molecule has 1 atom stereocenters. The lowest BCUT2D eigenvalue weighted by Gasteiger charge is -2.36. The normalized spacial score (nSPS) is 19.1. The van der Waals surface area contributed by atoms with Crippen LogP contribution in [0, 0.1) is 0 Å². The van der Waals surface area contributed by atoms with E-state index in [4.69, 9.17) is 16.3 Å². The van der Waals surface area contributed by atoms with E-state index in [9.17, 15) is 19.2 Å². The maximum Gasteiger partial charge on any atom is 0.308 e. The van der Waals surface area contributed by atoms with Gasteiger partial charge in [-0.1, -0.05) is 11.6 Å². The smallest absolute Gasteiger partial charge is 0.308 e. The number of methoxy groups -OCH3 is 1. The minimum absolute atomic E-state index is 0.200. The molecule has 3 amide bonds. The van der Waals surface area contributed by atoms with Crippen molar-refractivity contribution >= 4 is 41.0 Å². The Morgan fingerprint density at radius 1 is 1.37 bits per heavy atom. The van der Waals surface area contributed by atoms with Crippen LogP contribution in [-0.4, -0.2) is 68.0 Å². The van der Waals surface area contributed by atoms with Gasteiger partial charge in [-0.3, -0.25) is 24.1 Å². The molecular formula is C17H18ClN3O6. The Morgan fingerprint density at radius 2 is 2.15 bits per heavy atom. The first kappa shape index (κ1) is 19.0. The molecule has 9 nitrogen and oxygen atoms in total. The van der Waals surface area contributed by atoms with Gasteiger partial charge in [-0.05, 0) is 18.2 Å². The third-order valence-corrected chi connectivity index (χ3v) is 4.63. The molecule has 1 N–H and O–H groups in total. The fraction of sp³-hybridized carbons (Fsp3) is 0.412. The number of esters is 1. The number of benzene rings is 1. The first-order valence-electron chi connectivity index (χ1n) is 8.27. The van der Waals surface area contributed by atoms with Crippen LogP contribution >= 0.6 is 11.6 Å². The minimum Gasteiger partial charge on any atom is -0.482 e. The van der Waals surface area contributed by atoms with Gasteiger partial charge in [-0.15, -0.1) is 0 Å². The number of piperazine rings is 1. The van der Waals surface area contributed by atoms with Gasteiger partial charge < -0.3 is 19.7 Å². The number of carbonyl (C=O) groups is 4. The van der Waals surface area contributed by atoms with E-state index in [0.29, 0.717) is 16.5 Å². The van der Waals surface area contributed by atoms with Crippen LogP contribution in [0.15, 0.2) is 18.2 Å². The highest BCUT2D eigenvalue weighted by atomic mass is 35.5. The van der Waals surface area contributed by atoms with Crippen LogP contribution in [0.25, 0.3) is 0 Å². The van der Waals surface area contributed by atoms with E-state index in [0.717, 1.165) is 0 Å². The fourth-order valence-electron chi connectivity index (χ4n) is 3.03. The van der Waals surface area contributed by atoms with E-state index >= 15 is 0 Å². The van der Waals surface area contributed by atoms with Gasteiger partial charge in [-0.2, -0.15) is 0 Å². The van der Waals surface area contributed by atoms with Crippen molar-refractivity contribution in [3.63, 3.8) is 0 Å². The molecule has 0 spiro atoms. The Hall–Kier alpha value is -2.81. The summed E-state index contributed by atoms with van der Waals surface area (Å²) in [6.07, 6.45) is -0.256. The second kappa shape index (κ2) is 7.83. The zero-order valence-electron chi connectivity index (χ0n) is 14.6. The highest BCUT2D eigenvalue weighted by molar-refractivity contribution is 6.31. The summed E-state index contributed by atoms with van der Waals surface area (Å²) in [5.74, 6) is -1.45. The Morgan fingerprint density at radius 3 is 2.89 bits per heavy atom. The van der Waals surface area contributed by atoms with Crippen molar-refractivity contribution in [3.8, 4) is 5.75 Å². The zero-order chi connectivity index (χ0) is 19.6. The maximum absolute atomic E-state index is 12.9. The molecule has 3 rings (SSSR count). The summed E-state index contributed by atoms with van der Waals surface area (Å²) in [6.45, 7) is 0.00334. The number of hydrogen-bond donors (Lipinski definition) is 1. The molecule has 1 aromatic carbocycles. The average Bonchev–Trinajstić information content (AvgIpc) is 2.65. The largest absolute Gasteiger partial charge is 0.482 e. The van der Waals surface area contributed by atoms with Crippen molar-refractivity contribution in [2.45, 2.75) is 12.5 Å². The van der Waals surface area contributed by atoms with Gasteiger partial charge in [0.05, 0.1) is 19.2 Å². The van der Waals surface area contributed by atoms with E-state index in [1.807, 2.05) is 0 Å². The highest BCUT2D eigenvalue weighted by Crippen LogP contribution is 2.34. The van der Waals surface area contributed by atoms with Gasteiger partial charge >= 0.3 is 5.97 Å². The summed E-state index contributed by atoms with van der Waals surface area (Å²) in [4.78, 5) is 51.4. The van der Waals surface area contributed by atoms with Crippen molar-refractivity contribution in [1.82, 2.24) is 10.2 Å². The molecule has 0 aliphatic carbocycles. The van der Waals surface area contributed by atoms with E-state index in [-0.39, 0.29) is 32.7 Å². The number of nitrogens with zero attached hydrogens (tertiary/aromatic N) is 2. The van der Waals surface area contributed by atoms with Gasteiger partial charge in [0.25, 0.3) is 5.91 Å². The molecule has 27 heavy (non-hydrogen) atoms. The molecule has 144 valence electrons. The molecule has 1 saturated heterocycles. The van der Waals surface area contributed by atoms with Crippen LogP contribution in [0.3, 0.4) is 0 Å². The first-order chi connectivity index (χ1) is 12.9. The second-order valence-electron chi connectivity index (χ2n) is 6.05. The number of hydrogen-bond acceptors (Lipinski definition) is 6. The van der Waals surface area contributed by atoms with Crippen LogP contribution < -0.4 is 15.0 Å². The van der Waals surface area contributed by atoms with Crippen LogP contribution in [-0.2, 0) is 23.9 Å². The molecule has 2 aliphatic heterocycles. The lowest BCUT2D eigenvalue weighted by atomic mass is 10.1. The number of amides is 3. The summed E-state index contributed by atoms with van der Waals surface area (Å²) in [6, 6.07) is 3.80. The summed E-state index contributed by atoms with van der Waals surface area (Å²) in [5.41, 5.74) is 0.387. The second-order valence-corrected chi connectivity index (χ2v) is 6.49. The number of carbonyl (C=O) groups excluding carboxylic acids is 4. The molecule has 0 bridgehead atoms. The van der Waals surface area contributed by atoms with Crippen molar-refractivity contribution < 1.29 is 28.7 Å². The predicted octanol–water partition coefficient (Wildman–Crippen LogP) is -0.0445. The van der Waals surface area contributed by atoms with Gasteiger partial charge in [0.2, 0.25) is 11.8 Å². The monoisotopic (exact) mass is 395 g/mol. The number of halogens is 1. The third-order valence-electron chi connectivity index (χ3n) is 4.40. The maximum atomic E-state index is 12.9. The lowest BCUT2D eigenvalue weighted by Crippen LogP contribution is -2.60. The van der Waals surface area contributed by atoms with Gasteiger partial charge in [0.15, 0.2) is 6.61 Å². The van der Waals surface area contributed by atoms with Crippen LogP contribution in [0.4, 0.5) is 5.69 Å². The van der Waals surface area contributed by atoms with E-state index in [1.54, 1.807) is 12.1 Å². The highest BCUT2D eigenvalue weighted by Gasteiger charge is 2.37. The van der Waals surface area contributed by atoms with Crippen molar-refractivity contribution in [2.24, 2.45) is 0 Å². The van der Waals surface area contributed by atoms with Crippen molar-refractivity contribution in [2.75, 3.05) is 38.3 Å². The molecule has 2 aliphatic rings.